The van der Waals surface area contributed by atoms with Crippen LogP contribution in [0.5, 0.6) is 0 Å². The maximum absolute atomic E-state index is 5.61. The Morgan fingerprint density at radius 1 is 0.364 bits per heavy atom. The van der Waals surface area contributed by atoms with E-state index in [1.165, 1.54) is 45.6 Å². The summed E-state index contributed by atoms with van der Waals surface area (Å²) in [6, 6.07) is 8.83. The number of nitrogens with zero attached hydrogens (tertiary/aromatic N) is 10. The van der Waals surface area contributed by atoms with Crippen molar-refractivity contribution in [2.24, 2.45) is 56.4 Å². The second kappa shape index (κ2) is 19.9. The van der Waals surface area contributed by atoms with Gasteiger partial charge in [0.15, 0.2) is 0 Å². The van der Waals surface area contributed by atoms with Crippen LogP contribution in [0.25, 0.3) is 91.9 Å². The first-order valence-corrected chi connectivity index (χ1v) is 20.7. The topological polar surface area (TPSA) is 92.6 Å². The number of rotatable bonds is 4. The number of H-pyrrole nitrogens is 2. The number of nitrogens with one attached hydrogen (secondary N) is 2. The Bertz CT molecular complexity index is 2770. The maximum atomic E-state index is 5.61. The Kier molecular flexibility index (Phi) is 16.8. The summed E-state index contributed by atoms with van der Waals surface area (Å²) in [5.74, 6) is 4.26. The molecule has 12 nitrogen and oxygen atoms in total. The third kappa shape index (κ3) is 7.98. The van der Waals surface area contributed by atoms with Crippen LogP contribution in [0.4, 0.5) is 0 Å². The van der Waals surface area contributed by atoms with Crippen LogP contribution < -0.4 is 80.3 Å². The molecule has 0 saturated carbocycles. The van der Waals surface area contributed by atoms with Gasteiger partial charge in [-0.3, -0.25) is 0 Å². The van der Waals surface area contributed by atoms with E-state index in [1.807, 2.05) is 0 Å². The van der Waals surface area contributed by atoms with Crippen molar-refractivity contribution in [2.45, 2.75) is 55.4 Å². The fraction of sp³-hybridized carbons (Fsp3) is 0.333. The van der Waals surface area contributed by atoms with E-state index in [0.29, 0.717) is 0 Å². The number of hydrogen-bond acceptors (Lipinski definition) is 2. The van der Waals surface area contributed by atoms with Crippen LogP contribution in [0.15, 0.2) is 24.3 Å². The molecule has 0 aliphatic carbocycles. The molecule has 0 fully saturated rings. The normalized spacial score (nSPS) is 11.4. The molecule has 66 heavy (non-hydrogen) atoms. The van der Waals surface area contributed by atoms with Gasteiger partial charge in [0.2, 0.25) is 0 Å². The van der Waals surface area contributed by atoms with Gasteiger partial charge in [0.05, 0.1) is 101 Å². The number of hydrogen-bond donors (Lipinski definition) is 2. The van der Waals surface area contributed by atoms with E-state index in [2.05, 4.69) is 207 Å². The van der Waals surface area contributed by atoms with Gasteiger partial charge >= 0.3 is 0 Å². The molecule has 0 atom stereocenters. The van der Waals surface area contributed by atoms with Crippen LogP contribution in [0, 0.1) is 55.4 Å². The first kappa shape index (κ1) is 55.7. The molecular formula is C48H58Cl5MnN12-. The van der Waals surface area contributed by atoms with Gasteiger partial charge in [-0.15, -0.1) is 0 Å². The molecule has 9 heterocycles. The molecule has 2 aliphatic rings. The fourth-order valence-corrected chi connectivity index (χ4v) is 9.60. The van der Waals surface area contributed by atoms with Crippen molar-refractivity contribution in [1.82, 2.24) is 38.2 Å². The number of aromatic amines is 2. The number of aromatic nitrogens is 12. The van der Waals surface area contributed by atoms with E-state index in [0.717, 1.165) is 90.4 Å². The summed E-state index contributed by atoms with van der Waals surface area (Å²) in [4.78, 5) is 19.1. The Hall–Kier alpha value is -4.59. The summed E-state index contributed by atoms with van der Waals surface area (Å²) in [5, 5.41) is 0. The van der Waals surface area contributed by atoms with E-state index in [-0.39, 0.29) is 79.1 Å². The van der Waals surface area contributed by atoms with Gasteiger partial charge in [-0.2, -0.15) is 0 Å². The van der Waals surface area contributed by atoms with E-state index < -0.39 is 0 Å². The third-order valence-corrected chi connectivity index (χ3v) is 14.3. The molecule has 8 bridgehead atoms. The summed E-state index contributed by atoms with van der Waals surface area (Å²) in [5.41, 5.74) is 21.1. The minimum atomic E-state index is 0. The minimum absolute atomic E-state index is 0. The molecule has 353 valence electrons. The van der Waals surface area contributed by atoms with Crippen LogP contribution in [0.1, 0.15) is 68.3 Å². The van der Waals surface area contributed by atoms with Crippen molar-refractivity contribution in [3.8, 4) is 45.6 Å². The van der Waals surface area contributed by atoms with E-state index in [1.54, 1.807) is 0 Å². The van der Waals surface area contributed by atoms with E-state index >= 15 is 0 Å². The summed E-state index contributed by atoms with van der Waals surface area (Å²) in [7, 11) is 17.2. The SMILES string of the molecule is Cc1c(C)[n+](C)c(-c2c3nc(c(-c4n(C)c(C)c(C)[n+]4C)c4ccc([nH]4)c(-c4n(C)c(C)c(C)[n+]4C)c4nc(c(-c5n(C)c(C)c(C)[n+]5C)c5ccc2[nH]5)C=C4)C=C3)n1C.[Cl-].[Cl-].[Cl-].[Cl-].[Cl-].[Mn]. The fourth-order valence-electron chi connectivity index (χ4n) is 9.60. The average molecular weight is 1040 g/mol. The van der Waals surface area contributed by atoms with Crippen LogP contribution in [0.3, 0.4) is 0 Å². The first-order valence-electron chi connectivity index (χ1n) is 20.7. The molecular weight excluding hydrogens is 977 g/mol. The standard InChI is InChI=1S/C48H57N12.5ClH.Mn/c1-25-26(2)54(10)45(53(25)9)41-33-17-19-35(49-33)42(46-55(11)27(3)28(4)56(46)12)37-21-23-39(51-37)44(48-59(15)31(7)32(8)60(48)16)40-24-22-38(52-40)43(36-20-18-34(41)50-36)47-57(13)29(5)30(6)58(47)14;;;;;;/h17-24H,1-16H3,(H,49,50,51,52);5*1H;/q+3;;;;;;/p-4. The molecule has 0 amide bonds. The third-order valence-electron chi connectivity index (χ3n) is 14.3. The van der Waals surface area contributed by atoms with Gasteiger partial charge in [-0.05, 0) is 48.6 Å². The minimum Gasteiger partial charge on any atom is -1.00 e. The van der Waals surface area contributed by atoms with Gasteiger partial charge in [-0.1, -0.05) is 0 Å². The Morgan fingerprint density at radius 2 is 0.545 bits per heavy atom. The van der Waals surface area contributed by atoms with Crippen molar-refractivity contribution < 1.29 is 97.4 Å². The Balaban J connectivity index is 0.00000193. The molecule has 0 spiro atoms. The molecule has 0 aromatic carbocycles. The Morgan fingerprint density at radius 3 is 0.697 bits per heavy atom. The summed E-state index contributed by atoms with van der Waals surface area (Å²) in [6.45, 7) is 17.5. The predicted molar refractivity (Wildman–Crippen MR) is 239 cm³/mol. The summed E-state index contributed by atoms with van der Waals surface area (Å²) >= 11 is 0. The van der Waals surface area contributed by atoms with E-state index in [4.69, 9.17) is 9.97 Å². The zero-order valence-corrected chi connectivity index (χ0v) is 45.3. The summed E-state index contributed by atoms with van der Waals surface area (Å²) in [6.07, 6.45) is 8.72. The molecule has 18 heteroatoms. The van der Waals surface area contributed by atoms with Crippen LogP contribution >= 0.6 is 0 Å². The second-order valence-electron chi connectivity index (χ2n) is 17.0. The van der Waals surface area contributed by atoms with Gasteiger partial charge in [-0.25, -0.2) is 46.5 Å². The van der Waals surface area contributed by atoms with Crippen molar-refractivity contribution >= 4 is 46.4 Å². The molecule has 9 rings (SSSR count). The van der Waals surface area contributed by atoms with Crippen molar-refractivity contribution in [3.05, 3.63) is 92.6 Å². The number of halogens is 5. The average Bonchev–Trinajstić information content (AvgIpc) is 4.13. The van der Waals surface area contributed by atoms with Gasteiger partial charge in [0, 0.05) is 72.5 Å². The van der Waals surface area contributed by atoms with Gasteiger partial charge < -0.3 is 72.0 Å². The van der Waals surface area contributed by atoms with Crippen molar-refractivity contribution in [1.29, 1.82) is 0 Å². The smallest absolute Gasteiger partial charge is 0.293 e. The second-order valence-corrected chi connectivity index (χ2v) is 17.0. The van der Waals surface area contributed by atoms with Crippen molar-refractivity contribution in [3.63, 3.8) is 0 Å². The summed E-state index contributed by atoms with van der Waals surface area (Å²) < 4.78 is 18.3. The largest absolute Gasteiger partial charge is 1.00 e. The number of fused-ring (bicyclic) bond motifs is 8. The molecule has 1 radical (unpaired) electrons. The Labute approximate surface area is 429 Å². The van der Waals surface area contributed by atoms with Crippen LogP contribution in [-0.2, 0) is 73.5 Å². The molecule has 7 aromatic heterocycles. The molecule has 2 aliphatic heterocycles. The van der Waals surface area contributed by atoms with Gasteiger partial charge in [0.1, 0.15) is 67.8 Å². The quantitative estimate of drug-likeness (QED) is 0.136. The zero-order valence-electron chi connectivity index (χ0n) is 40.4. The van der Waals surface area contributed by atoms with Crippen LogP contribution in [0.2, 0.25) is 0 Å². The maximum Gasteiger partial charge on any atom is 0.293 e. The van der Waals surface area contributed by atoms with Crippen LogP contribution in [-0.4, -0.2) is 38.2 Å². The predicted octanol–water partition coefficient (Wildman–Crippen LogP) is -8.54. The molecule has 2 N–H and O–H groups in total. The molecule has 0 saturated heterocycles. The molecule has 0 unspecified atom stereocenters. The van der Waals surface area contributed by atoms with Crippen molar-refractivity contribution in [2.75, 3.05) is 0 Å². The van der Waals surface area contributed by atoms with E-state index in [9.17, 15) is 0 Å². The zero-order chi connectivity index (χ0) is 43.0. The first-order chi connectivity index (χ1) is 28.4. The monoisotopic (exact) mass is 1030 g/mol. The van der Waals surface area contributed by atoms with Gasteiger partial charge in [0.25, 0.3) is 23.3 Å². The number of imidazole rings is 4. The molecule has 7 aromatic rings.